The molecule has 0 fully saturated rings. The quantitative estimate of drug-likeness (QED) is 0.580. The Balaban J connectivity index is 1.82. The van der Waals surface area contributed by atoms with Crippen LogP contribution in [0.5, 0.6) is 0 Å². The van der Waals surface area contributed by atoms with Gasteiger partial charge in [-0.2, -0.15) is 0 Å². The summed E-state index contributed by atoms with van der Waals surface area (Å²) in [6.07, 6.45) is 0. The molecule has 0 radical (unpaired) electrons. The third kappa shape index (κ3) is 3.88. The van der Waals surface area contributed by atoms with Gasteiger partial charge in [-0.05, 0) is 29.4 Å². The van der Waals surface area contributed by atoms with E-state index in [4.69, 9.17) is 9.73 Å². The first-order chi connectivity index (χ1) is 13.5. The summed E-state index contributed by atoms with van der Waals surface area (Å²) in [5, 5.41) is 4.08. The molecule has 3 aromatic carbocycles. The van der Waals surface area contributed by atoms with Gasteiger partial charge in [0.1, 0.15) is 12.6 Å². The molecular formula is C25H26NOP. The summed E-state index contributed by atoms with van der Waals surface area (Å²) < 4.78 is 5.99. The molecule has 0 amide bonds. The van der Waals surface area contributed by atoms with Crippen LogP contribution >= 0.6 is 7.92 Å². The van der Waals surface area contributed by atoms with Gasteiger partial charge < -0.3 is 4.74 Å². The molecule has 0 saturated carbocycles. The van der Waals surface area contributed by atoms with Crippen molar-refractivity contribution in [3.05, 3.63) is 90.5 Å². The third-order valence-electron chi connectivity index (χ3n) is 4.86. The minimum absolute atomic E-state index is 0.0582. The smallest absolute Gasteiger partial charge is 0.189 e. The maximum Gasteiger partial charge on any atom is 0.189 e. The zero-order valence-corrected chi connectivity index (χ0v) is 17.6. The number of hydrogen-bond acceptors (Lipinski definition) is 2. The summed E-state index contributed by atoms with van der Waals surface area (Å²) >= 11 is 0. The van der Waals surface area contributed by atoms with E-state index in [2.05, 4.69) is 106 Å². The second-order valence-electron chi connectivity index (χ2n) is 8.08. The Morgan fingerprint density at radius 1 is 0.786 bits per heavy atom. The number of hydrogen-bond donors (Lipinski definition) is 0. The lowest BCUT2D eigenvalue weighted by atomic mass is 9.97. The average molecular weight is 387 g/mol. The Morgan fingerprint density at radius 2 is 1.32 bits per heavy atom. The van der Waals surface area contributed by atoms with Crippen molar-refractivity contribution < 1.29 is 4.74 Å². The normalized spacial score (nSPS) is 16.7. The number of nitrogens with zero attached hydrogens (tertiary/aromatic N) is 1. The van der Waals surface area contributed by atoms with E-state index in [9.17, 15) is 0 Å². The van der Waals surface area contributed by atoms with E-state index < -0.39 is 7.92 Å². The van der Waals surface area contributed by atoms with Crippen LogP contribution in [0.4, 0.5) is 0 Å². The molecule has 0 aromatic heterocycles. The highest BCUT2D eigenvalue weighted by Gasteiger charge is 2.31. The SMILES string of the molecule is CC(C)(C)C1=N[C@H](c2ccccc2P(c2ccccc2)c2ccccc2)CO1. The molecule has 0 unspecified atom stereocenters. The van der Waals surface area contributed by atoms with E-state index in [0.717, 1.165) is 5.90 Å². The van der Waals surface area contributed by atoms with Gasteiger partial charge in [0.2, 0.25) is 0 Å². The molecule has 1 aliphatic rings. The van der Waals surface area contributed by atoms with Crippen LogP contribution < -0.4 is 15.9 Å². The highest BCUT2D eigenvalue weighted by molar-refractivity contribution is 7.79. The molecule has 0 N–H and O–H groups in total. The molecule has 0 bridgehead atoms. The van der Waals surface area contributed by atoms with Crippen LogP contribution in [0.3, 0.4) is 0 Å². The number of aliphatic imine (C=N–C) groups is 1. The van der Waals surface area contributed by atoms with Crippen molar-refractivity contribution in [2.45, 2.75) is 26.8 Å². The van der Waals surface area contributed by atoms with Crippen molar-refractivity contribution in [2.24, 2.45) is 10.4 Å². The lowest BCUT2D eigenvalue weighted by Gasteiger charge is -2.23. The molecule has 0 saturated heterocycles. The van der Waals surface area contributed by atoms with E-state index in [1.807, 2.05) is 0 Å². The first kappa shape index (κ1) is 18.9. The standard InChI is InChI=1S/C25H26NOP/c1-25(2,3)24-26-22(18-27-24)21-16-10-11-17-23(21)28(19-12-6-4-7-13-19)20-14-8-5-9-15-20/h4-17,22H,18H2,1-3H3/t22-/m0/s1. The topological polar surface area (TPSA) is 21.6 Å². The van der Waals surface area contributed by atoms with Crippen molar-refractivity contribution in [2.75, 3.05) is 6.61 Å². The average Bonchev–Trinajstić information content (AvgIpc) is 3.21. The number of ether oxygens (including phenoxy) is 1. The summed E-state index contributed by atoms with van der Waals surface area (Å²) in [6.45, 7) is 7.08. The van der Waals surface area contributed by atoms with E-state index in [0.29, 0.717) is 6.61 Å². The van der Waals surface area contributed by atoms with Crippen LogP contribution in [0.15, 0.2) is 89.9 Å². The van der Waals surface area contributed by atoms with Gasteiger partial charge in [0.15, 0.2) is 5.90 Å². The zero-order chi connectivity index (χ0) is 19.6. The van der Waals surface area contributed by atoms with Gasteiger partial charge in [0.05, 0.1) is 0 Å². The van der Waals surface area contributed by atoms with Crippen molar-refractivity contribution in [3.8, 4) is 0 Å². The van der Waals surface area contributed by atoms with Crippen LogP contribution in [-0.2, 0) is 4.74 Å². The van der Waals surface area contributed by atoms with Crippen LogP contribution in [0.25, 0.3) is 0 Å². The van der Waals surface area contributed by atoms with E-state index in [-0.39, 0.29) is 11.5 Å². The van der Waals surface area contributed by atoms with E-state index >= 15 is 0 Å². The van der Waals surface area contributed by atoms with Gasteiger partial charge in [0, 0.05) is 5.41 Å². The van der Waals surface area contributed by atoms with Gasteiger partial charge >= 0.3 is 0 Å². The first-order valence-corrected chi connectivity index (χ1v) is 11.1. The van der Waals surface area contributed by atoms with Crippen molar-refractivity contribution in [3.63, 3.8) is 0 Å². The zero-order valence-electron chi connectivity index (χ0n) is 16.7. The van der Waals surface area contributed by atoms with Crippen molar-refractivity contribution >= 4 is 29.7 Å². The first-order valence-electron chi connectivity index (χ1n) is 9.74. The molecule has 1 heterocycles. The maximum absolute atomic E-state index is 5.99. The lowest BCUT2D eigenvalue weighted by molar-refractivity contribution is 0.283. The molecule has 1 atom stereocenters. The molecule has 3 heteroatoms. The highest BCUT2D eigenvalue weighted by Crippen LogP contribution is 2.38. The van der Waals surface area contributed by atoms with Crippen molar-refractivity contribution in [1.82, 2.24) is 0 Å². The van der Waals surface area contributed by atoms with Crippen molar-refractivity contribution in [1.29, 1.82) is 0 Å². The molecule has 4 rings (SSSR count). The van der Waals surface area contributed by atoms with E-state index in [1.54, 1.807) is 0 Å². The fourth-order valence-electron chi connectivity index (χ4n) is 3.50. The summed E-state index contributed by atoms with van der Waals surface area (Å²) in [6, 6.07) is 30.5. The minimum Gasteiger partial charge on any atom is -0.478 e. The molecule has 1 aliphatic heterocycles. The second kappa shape index (κ2) is 7.89. The van der Waals surface area contributed by atoms with Gasteiger partial charge in [-0.25, -0.2) is 4.99 Å². The molecule has 2 nitrogen and oxygen atoms in total. The maximum atomic E-state index is 5.99. The predicted molar refractivity (Wildman–Crippen MR) is 121 cm³/mol. The minimum atomic E-state index is -0.650. The Kier molecular flexibility index (Phi) is 5.33. The van der Waals surface area contributed by atoms with Crippen LogP contribution in [0, 0.1) is 5.41 Å². The summed E-state index contributed by atoms with van der Waals surface area (Å²) in [5.74, 6) is 0.857. The second-order valence-corrected chi connectivity index (χ2v) is 10.3. The Morgan fingerprint density at radius 3 is 1.86 bits per heavy atom. The van der Waals surface area contributed by atoms with Crippen LogP contribution in [-0.4, -0.2) is 12.5 Å². The molecule has 28 heavy (non-hydrogen) atoms. The van der Waals surface area contributed by atoms with Gasteiger partial charge in [-0.15, -0.1) is 0 Å². The molecule has 3 aromatic rings. The van der Waals surface area contributed by atoms with Gasteiger partial charge in [-0.3, -0.25) is 0 Å². The third-order valence-corrected chi connectivity index (χ3v) is 7.38. The van der Waals surface area contributed by atoms with Gasteiger partial charge in [-0.1, -0.05) is 106 Å². The molecule has 0 spiro atoms. The summed E-state index contributed by atoms with van der Waals surface area (Å²) in [7, 11) is -0.650. The molecule has 142 valence electrons. The van der Waals surface area contributed by atoms with Gasteiger partial charge in [0.25, 0.3) is 0 Å². The molecule has 0 aliphatic carbocycles. The lowest BCUT2D eigenvalue weighted by Crippen LogP contribution is -2.24. The Labute approximate surface area is 169 Å². The largest absolute Gasteiger partial charge is 0.478 e. The Bertz CT molecular complexity index is 921. The number of benzene rings is 3. The number of rotatable bonds is 4. The highest BCUT2D eigenvalue weighted by atomic mass is 31.1. The monoisotopic (exact) mass is 387 g/mol. The van der Waals surface area contributed by atoms with Crippen LogP contribution in [0.1, 0.15) is 32.4 Å². The molecular weight excluding hydrogens is 361 g/mol. The summed E-state index contributed by atoms with van der Waals surface area (Å²) in [4.78, 5) is 4.96. The Hall–Kier alpha value is -2.44. The predicted octanol–water partition coefficient (Wildman–Crippen LogP) is 4.96. The summed E-state index contributed by atoms with van der Waals surface area (Å²) in [5.41, 5.74) is 1.22. The van der Waals surface area contributed by atoms with Crippen LogP contribution in [0.2, 0.25) is 0 Å². The fourth-order valence-corrected chi connectivity index (χ4v) is 6.01. The van der Waals surface area contributed by atoms with E-state index in [1.165, 1.54) is 21.5 Å². The fraction of sp³-hybridized carbons (Fsp3) is 0.240.